The molecule has 0 spiro atoms. The molecule has 0 fully saturated rings. The average Bonchev–Trinajstić information content (AvgIpc) is 2.48. The molecule has 4 heteroatoms. The number of pyridine rings is 1. The Hall–Kier alpha value is -2.49. The van der Waals surface area contributed by atoms with Gasteiger partial charge in [-0.15, -0.1) is 0 Å². The zero-order valence-corrected chi connectivity index (χ0v) is 10.5. The van der Waals surface area contributed by atoms with Crippen molar-refractivity contribution in [3.05, 3.63) is 59.9 Å². The summed E-state index contributed by atoms with van der Waals surface area (Å²) < 4.78 is 5.11. The summed E-state index contributed by atoms with van der Waals surface area (Å²) in [6.45, 7) is 0. The van der Waals surface area contributed by atoms with Gasteiger partial charge in [0, 0.05) is 18.0 Å². The summed E-state index contributed by atoms with van der Waals surface area (Å²) >= 11 is 0. The van der Waals surface area contributed by atoms with Crippen LogP contribution in [-0.2, 0) is 0 Å². The predicted molar refractivity (Wildman–Crippen MR) is 70.5 cm³/mol. The summed E-state index contributed by atoms with van der Waals surface area (Å²) in [5.74, 6) is 0.00703. The highest BCUT2D eigenvalue weighted by molar-refractivity contribution is 6.14. The molecule has 1 heterocycles. The fourth-order valence-corrected chi connectivity index (χ4v) is 1.76. The van der Waals surface area contributed by atoms with Gasteiger partial charge in [-0.25, -0.2) is 0 Å². The molecule has 0 radical (unpaired) electrons. The number of hydrogen-bond acceptors (Lipinski definition) is 4. The molecule has 0 saturated heterocycles. The quantitative estimate of drug-likeness (QED) is 0.608. The van der Waals surface area contributed by atoms with Gasteiger partial charge in [-0.2, -0.15) is 0 Å². The summed E-state index contributed by atoms with van der Waals surface area (Å²) in [7, 11) is 1.50. The Morgan fingerprint density at radius 2 is 1.74 bits per heavy atom. The van der Waals surface area contributed by atoms with Gasteiger partial charge < -0.3 is 4.74 Å². The van der Waals surface area contributed by atoms with Gasteiger partial charge in [0.15, 0.2) is 11.6 Å². The van der Waals surface area contributed by atoms with Crippen molar-refractivity contribution in [3.8, 4) is 5.75 Å². The van der Waals surface area contributed by atoms with E-state index in [-0.39, 0.29) is 18.0 Å². The van der Waals surface area contributed by atoms with Crippen molar-refractivity contribution in [2.24, 2.45) is 0 Å². The number of aromatic nitrogens is 1. The minimum absolute atomic E-state index is 0.176. The molecule has 2 aromatic rings. The Labute approximate surface area is 111 Å². The summed E-state index contributed by atoms with van der Waals surface area (Å²) in [5, 5.41) is 0. The fourth-order valence-electron chi connectivity index (χ4n) is 1.76. The summed E-state index contributed by atoms with van der Waals surface area (Å²) in [5.41, 5.74) is 0.908. The number of methoxy groups -OCH3 is 1. The van der Waals surface area contributed by atoms with E-state index in [0.717, 1.165) is 0 Å². The Morgan fingerprint density at radius 1 is 1.05 bits per heavy atom. The van der Waals surface area contributed by atoms with E-state index in [0.29, 0.717) is 16.9 Å². The summed E-state index contributed by atoms with van der Waals surface area (Å²) in [6, 6.07) is 10.1. The first-order valence-electron chi connectivity index (χ1n) is 5.82. The third kappa shape index (κ3) is 3.04. The van der Waals surface area contributed by atoms with Gasteiger partial charge in [-0.3, -0.25) is 14.6 Å². The number of carbonyl (C=O) groups excluding carboxylic acids is 2. The highest BCUT2D eigenvalue weighted by atomic mass is 16.5. The van der Waals surface area contributed by atoms with Gasteiger partial charge in [-0.05, 0) is 24.3 Å². The molecule has 4 nitrogen and oxygen atoms in total. The second-order valence-electron chi connectivity index (χ2n) is 3.96. The molecule has 0 atom stereocenters. The van der Waals surface area contributed by atoms with Crippen LogP contribution in [0, 0.1) is 0 Å². The number of hydrogen-bond donors (Lipinski definition) is 0. The van der Waals surface area contributed by atoms with Crippen molar-refractivity contribution in [3.63, 3.8) is 0 Å². The molecule has 1 aromatic heterocycles. The molecule has 0 bridgehead atoms. The minimum atomic E-state index is -0.251. The molecule has 0 aliphatic heterocycles. The lowest BCUT2D eigenvalue weighted by Crippen LogP contribution is -2.09. The van der Waals surface area contributed by atoms with Crippen molar-refractivity contribution in [2.45, 2.75) is 6.42 Å². The summed E-state index contributed by atoms with van der Waals surface area (Å²) in [6.07, 6.45) is 2.88. The van der Waals surface area contributed by atoms with E-state index in [2.05, 4.69) is 4.98 Å². The molecule has 2 rings (SSSR count). The highest BCUT2D eigenvalue weighted by Crippen LogP contribution is 2.19. The van der Waals surface area contributed by atoms with Gasteiger partial charge in [0.25, 0.3) is 0 Å². The number of ether oxygens (including phenoxy) is 1. The van der Waals surface area contributed by atoms with Gasteiger partial charge in [0.2, 0.25) is 0 Å². The number of Topliss-reactive ketones (excluding diaryl/α,β-unsaturated/α-hetero) is 2. The molecule has 19 heavy (non-hydrogen) atoms. The smallest absolute Gasteiger partial charge is 0.174 e. The molecule has 0 aliphatic rings. The predicted octanol–water partition coefficient (Wildman–Crippen LogP) is 2.55. The molecular weight excluding hydrogens is 242 g/mol. The van der Waals surface area contributed by atoms with E-state index >= 15 is 0 Å². The monoisotopic (exact) mass is 255 g/mol. The standard InChI is InChI=1S/C15H13NO3/c1-19-15-5-3-2-4-12(15)14(18)10-13(17)11-6-8-16-9-7-11/h2-9H,10H2,1H3. The Kier molecular flexibility index (Phi) is 4.03. The van der Waals surface area contributed by atoms with E-state index < -0.39 is 0 Å². The van der Waals surface area contributed by atoms with Crippen molar-refractivity contribution < 1.29 is 14.3 Å². The second kappa shape index (κ2) is 5.91. The van der Waals surface area contributed by atoms with E-state index in [9.17, 15) is 9.59 Å². The van der Waals surface area contributed by atoms with E-state index in [4.69, 9.17) is 4.74 Å². The van der Waals surface area contributed by atoms with Crippen LogP contribution in [0.1, 0.15) is 27.1 Å². The van der Waals surface area contributed by atoms with Crippen LogP contribution < -0.4 is 4.74 Å². The first kappa shape index (κ1) is 13.0. The Morgan fingerprint density at radius 3 is 2.42 bits per heavy atom. The van der Waals surface area contributed by atoms with Crippen LogP contribution in [0.5, 0.6) is 5.75 Å². The van der Waals surface area contributed by atoms with Crippen LogP contribution in [0.4, 0.5) is 0 Å². The van der Waals surface area contributed by atoms with Crippen LogP contribution in [0.15, 0.2) is 48.8 Å². The zero-order valence-electron chi connectivity index (χ0n) is 10.5. The van der Waals surface area contributed by atoms with Crippen LogP contribution in [0.3, 0.4) is 0 Å². The minimum Gasteiger partial charge on any atom is -0.496 e. The number of para-hydroxylation sites is 1. The lowest BCUT2D eigenvalue weighted by Gasteiger charge is -2.06. The van der Waals surface area contributed by atoms with Gasteiger partial charge in [0.05, 0.1) is 19.1 Å². The number of nitrogens with zero attached hydrogens (tertiary/aromatic N) is 1. The van der Waals surface area contributed by atoms with E-state index in [1.54, 1.807) is 36.4 Å². The lowest BCUT2D eigenvalue weighted by molar-refractivity contribution is 0.0892. The zero-order chi connectivity index (χ0) is 13.7. The number of ketones is 2. The maximum atomic E-state index is 12.1. The highest BCUT2D eigenvalue weighted by Gasteiger charge is 2.16. The second-order valence-corrected chi connectivity index (χ2v) is 3.96. The van der Waals surface area contributed by atoms with Crippen LogP contribution in [-0.4, -0.2) is 23.7 Å². The van der Waals surface area contributed by atoms with Gasteiger partial charge in [0.1, 0.15) is 5.75 Å². The van der Waals surface area contributed by atoms with Crippen LogP contribution in [0.2, 0.25) is 0 Å². The SMILES string of the molecule is COc1ccccc1C(=O)CC(=O)c1ccncc1. The first-order chi connectivity index (χ1) is 9.22. The number of rotatable bonds is 5. The largest absolute Gasteiger partial charge is 0.496 e. The topological polar surface area (TPSA) is 56.3 Å². The van der Waals surface area contributed by atoms with Crippen molar-refractivity contribution >= 4 is 11.6 Å². The molecule has 0 amide bonds. The fraction of sp³-hybridized carbons (Fsp3) is 0.133. The lowest BCUT2D eigenvalue weighted by atomic mass is 10.0. The summed E-state index contributed by atoms with van der Waals surface area (Å²) in [4.78, 5) is 27.9. The number of carbonyl (C=O) groups is 2. The molecule has 0 N–H and O–H groups in total. The molecule has 1 aromatic carbocycles. The van der Waals surface area contributed by atoms with Crippen LogP contribution >= 0.6 is 0 Å². The molecule has 0 saturated carbocycles. The average molecular weight is 255 g/mol. The molecular formula is C15H13NO3. The number of benzene rings is 1. The molecule has 0 aliphatic carbocycles. The maximum absolute atomic E-state index is 12.1. The normalized spacial score (nSPS) is 9.95. The van der Waals surface area contributed by atoms with Crippen LogP contribution in [0.25, 0.3) is 0 Å². The van der Waals surface area contributed by atoms with Crippen molar-refractivity contribution in [1.29, 1.82) is 0 Å². The van der Waals surface area contributed by atoms with Crippen molar-refractivity contribution in [1.82, 2.24) is 4.98 Å². The third-order valence-electron chi connectivity index (χ3n) is 2.73. The maximum Gasteiger partial charge on any atom is 0.174 e. The van der Waals surface area contributed by atoms with E-state index in [1.807, 2.05) is 0 Å². The Bertz CT molecular complexity index is 593. The van der Waals surface area contributed by atoms with E-state index in [1.165, 1.54) is 19.5 Å². The third-order valence-corrected chi connectivity index (χ3v) is 2.73. The Balaban J connectivity index is 2.16. The molecule has 96 valence electrons. The first-order valence-corrected chi connectivity index (χ1v) is 5.82. The van der Waals surface area contributed by atoms with Gasteiger partial charge in [-0.1, -0.05) is 12.1 Å². The molecule has 0 unspecified atom stereocenters. The van der Waals surface area contributed by atoms with Gasteiger partial charge >= 0.3 is 0 Å². The van der Waals surface area contributed by atoms with Crippen molar-refractivity contribution in [2.75, 3.05) is 7.11 Å².